The third-order valence-corrected chi connectivity index (χ3v) is 5.63. The lowest BCUT2D eigenvalue weighted by Crippen LogP contribution is -2.59. The Hall–Kier alpha value is -1.74. The molecule has 0 aromatic carbocycles. The van der Waals surface area contributed by atoms with Gasteiger partial charge in [-0.3, -0.25) is 14.7 Å². The van der Waals surface area contributed by atoms with Gasteiger partial charge in [0.1, 0.15) is 11.4 Å². The quantitative estimate of drug-likeness (QED) is 0.770. The highest BCUT2D eigenvalue weighted by Gasteiger charge is 2.51. The number of amides is 1. The molecular formula is C13H18N4O4S. The number of H-pyrrole nitrogens is 1. The lowest BCUT2D eigenvalue weighted by Gasteiger charge is -2.47. The second kappa shape index (κ2) is 4.88. The lowest BCUT2D eigenvalue weighted by molar-refractivity contribution is 0.0131. The van der Waals surface area contributed by atoms with Crippen LogP contribution < -0.4 is 0 Å². The average molecular weight is 326 g/mol. The van der Waals surface area contributed by atoms with Crippen LogP contribution in [0.25, 0.3) is 0 Å². The molecule has 3 rings (SSSR count). The fraction of sp³-hybridized carbons (Fsp3) is 0.615. The van der Waals surface area contributed by atoms with E-state index in [0.29, 0.717) is 26.2 Å². The predicted octanol–water partition coefficient (Wildman–Crippen LogP) is -0.280. The van der Waals surface area contributed by atoms with E-state index in [4.69, 9.17) is 0 Å². The second-order valence-electron chi connectivity index (χ2n) is 6.23. The Balaban J connectivity index is 1.63. The van der Waals surface area contributed by atoms with Gasteiger partial charge in [0.15, 0.2) is 5.78 Å². The Morgan fingerprint density at radius 1 is 1.32 bits per heavy atom. The van der Waals surface area contributed by atoms with Gasteiger partial charge in [-0.2, -0.15) is 5.10 Å². The third kappa shape index (κ3) is 2.54. The van der Waals surface area contributed by atoms with Crippen LogP contribution in [-0.4, -0.2) is 71.9 Å². The van der Waals surface area contributed by atoms with Gasteiger partial charge in [-0.25, -0.2) is 12.7 Å². The van der Waals surface area contributed by atoms with Crippen molar-refractivity contribution < 1.29 is 18.0 Å². The third-order valence-electron chi connectivity index (χ3n) is 4.38. The molecule has 2 saturated heterocycles. The van der Waals surface area contributed by atoms with E-state index in [1.807, 2.05) is 0 Å². The molecule has 9 heteroatoms. The number of carbonyl (C=O) groups is 2. The molecule has 0 saturated carbocycles. The van der Waals surface area contributed by atoms with E-state index in [9.17, 15) is 18.0 Å². The topological polar surface area (TPSA) is 103 Å². The zero-order valence-electron chi connectivity index (χ0n) is 12.5. The van der Waals surface area contributed by atoms with Crippen LogP contribution in [0.5, 0.6) is 0 Å². The number of nitrogens with zero attached hydrogens (tertiary/aromatic N) is 3. The van der Waals surface area contributed by atoms with E-state index in [-0.39, 0.29) is 28.5 Å². The molecule has 1 aromatic rings. The van der Waals surface area contributed by atoms with Gasteiger partial charge in [0, 0.05) is 38.5 Å². The number of carbonyl (C=O) groups excluding carboxylic acids is 2. The number of hydrogen-bond acceptors (Lipinski definition) is 5. The number of Topliss-reactive ketones (excluding diaryl/α,β-unsaturated/α-hetero) is 1. The van der Waals surface area contributed by atoms with Gasteiger partial charge in [-0.05, 0) is 12.5 Å². The fourth-order valence-corrected chi connectivity index (χ4v) is 4.06. The number of aromatic amines is 1. The minimum Gasteiger partial charge on any atom is -0.336 e. The molecule has 0 unspecified atom stereocenters. The Kier molecular flexibility index (Phi) is 3.37. The number of rotatable bonds is 3. The first kappa shape index (κ1) is 15.2. The van der Waals surface area contributed by atoms with Crippen molar-refractivity contribution in [3.05, 3.63) is 17.5 Å². The van der Waals surface area contributed by atoms with Crippen LogP contribution in [0.4, 0.5) is 0 Å². The maximum Gasteiger partial charge on any atom is 0.271 e. The summed E-state index contributed by atoms with van der Waals surface area (Å²) in [5.74, 6) is -0.404. The van der Waals surface area contributed by atoms with Crippen molar-refractivity contribution in [2.45, 2.75) is 13.3 Å². The van der Waals surface area contributed by atoms with Crippen LogP contribution >= 0.6 is 0 Å². The molecule has 2 aliphatic heterocycles. The summed E-state index contributed by atoms with van der Waals surface area (Å²) in [4.78, 5) is 25.1. The van der Waals surface area contributed by atoms with Gasteiger partial charge in [-0.1, -0.05) is 0 Å². The molecule has 120 valence electrons. The molecule has 1 aromatic heterocycles. The molecule has 1 N–H and O–H groups in total. The highest BCUT2D eigenvalue weighted by Crippen LogP contribution is 2.40. The van der Waals surface area contributed by atoms with E-state index < -0.39 is 10.0 Å². The van der Waals surface area contributed by atoms with E-state index >= 15 is 0 Å². The SMILES string of the molecule is CC(=O)c1cc(C(=O)N2CC3(CCN(S(C)(=O)=O)C3)C2)[nH]n1. The second-order valence-corrected chi connectivity index (χ2v) is 8.21. The summed E-state index contributed by atoms with van der Waals surface area (Å²) in [7, 11) is -3.17. The minimum atomic E-state index is -3.17. The van der Waals surface area contributed by atoms with Crippen LogP contribution in [0.1, 0.15) is 34.3 Å². The van der Waals surface area contributed by atoms with Crippen molar-refractivity contribution in [1.29, 1.82) is 0 Å². The standard InChI is InChI=1S/C13H18N4O4S/c1-9(18)10-5-11(15-14-10)12(19)16-6-13(7-16)3-4-17(8-13)22(2,20)21/h5H,3-4,6-8H2,1-2H3,(H,14,15). The smallest absolute Gasteiger partial charge is 0.271 e. The molecule has 2 fully saturated rings. The van der Waals surface area contributed by atoms with Crippen molar-refractivity contribution in [2.24, 2.45) is 5.41 Å². The molecule has 8 nitrogen and oxygen atoms in total. The van der Waals surface area contributed by atoms with Crippen molar-refractivity contribution in [3.63, 3.8) is 0 Å². The first-order chi connectivity index (χ1) is 10.2. The van der Waals surface area contributed by atoms with Crippen molar-refractivity contribution in [2.75, 3.05) is 32.4 Å². The van der Waals surface area contributed by atoms with E-state index in [2.05, 4.69) is 10.2 Å². The van der Waals surface area contributed by atoms with Gasteiger partial charge in [0.2, 0.25) is 10.0 Å². The first-order valence-corrected chi connectivity index (χ1v) is 8.86. The highest BCUT2D eigenvalue weighted by atomic mass is 32.2. The highest BCUT2D eigenvalue weighted by molar-refractivity contribution is 7.88. The van der Waals surface area contributed by atoms with E-state index in [0.717, 1.165) is 6.42 Å². The van der Waals surface area contributed by atoms with Crippen LogP contribution in [0.15, 0.2) is 6.07 Å². The van der Waals surface area contributed by atoms with Gasteiger partial charge in [0.05, 0.1) is 6.26 Å². The number of hydrogen-bond donors (Lipinski definition) is 1. The predicted molar refractivity (Wildman–Crippen MR) is 78.0 cm³/mol. The number of ketones is 1. The van der Waals surface area contributed by atoms with Crippen molar-refractivity contribution in [3.8, 4) is 0 Å². The van der Waals surface area contributed by atoms with Gasteiger partial charge >= 0.3 is 0 Å². The minimum absolute atomic E-state index is 0.123. The number of aromatic nitrogens is 2. The summed E-state index contributed by atoms with van der Waals surface area (Å²) in [6, 6.07) is 1.45. The Morgan fingerprint density at radius 2 is 2.00 bits per heavy atom. The zero-order chi connectivity index (χ0) is 16.1. The van der Waals surface area contributed by atoms with Crippen molar-refractivity contribution >= 4 is 21.7 Å². The molecule has 3 heterocycles. The number of likely N-dealkylation sites (tertiary alicyclic amines) is 1. The average Bonchev–Trinajstić information content (AvgIpc) is 3.02. The molecule has 1 spiro atoms. The summed E-state index contributed by atoms with van der Waals surface area (Å²) >= 11 is 0. The number of nitrogens with one attached hydrogen (secondary N) is 1. The lowest BCUT2D eigenvalue weighted by atomic mass is 9.79. The molecule has 0 atom stereocenters. The zero-order valence-corrected chi connectivity index (χ0v) is 13.3. The van der Waals surface area contributed by atoms with Crippen LogP contribution in [0.2, 0.25) is 0 Å². The summed E-state index contributed by atoms with van der Waals surface area (Å²) in [6.45, 7) is 3.44. The van der Waals surface area contributed by atoms with Gasteiger partial charge in [-0.15, -0.1) is 0 Å². The largest absolute Gasteiger partial charge is 0.336 e. The maximum absolute atomic E-state index is 12.3. The fourth-order valence-electron chi connectivity index (χ4n) is 3.12. The molecule has 22 heavy (non-hydrogen) atoms. The van der Waals surface area contributed by atoms with Gasteiger partial charge < -0.3 is 4.90 Å². The summed E-state index contributed by atoms with van der Waals surface area (Å²) in [6.07, 6.45) is 1.98. The number of sulfonamides is 1. The Bertz CT molecular complexity index is 733. The van der Waals surface area contributed by atoms with E-state index in [1.165, 1.54) is 23.6 Å². The molecule has 0 radical (unpaired) electrons. The first-order valence-electron chi connectivity index (χ1n) is 7.01. The molecule has 0 aliphatic carbocycles. The van der Waals surface area contributed by atoms with Crippen molar-refractivity contribution in [1.82, 2.24) is 19.4 Å². The van der Waals surface area contributed by atoms with Crippen LogP contribution in [-0.2, 0) is 10.0 Å². The van der Waals surface area contributed by atoms with Gasteiger partial charge in [0.25, 0.3) is 5.91 Å². The van der Waals surface area contributed by atoms with E-state index in [1.54, 1.807) is 4.90 Å². The molecule has 2 aliphatic rings. The molecular weight excluding hydrogens is 308 g/mol. The Labute approximate surface area is 128 Å². The summed E-state index contributed by atoms with van der Waals surface area (Å²) in [5.41, 5.74) is 0.406. The van der Waals surface area contributed by atoms with Crippen LogP contribution in [0.3, 0.4) is 0 Å². The molecule has 1 amide bonds. The maximum atomic E-state index is 12.3. The monoisotopic (exact) mass is 326 g/mol. The Morgan fingerprint density at radius 3 is 2.50 bits per heavy atom. The summed E-state index contributed by atoms with van der Waals surface area (Å²) < 4.78 is 24.6. The molecule has 0 bridgehead atoms. The summed E-state index contributed by atoms with van der Waals surface area (Å²) in [5, 5.41) is 6.38. The van der Waals surface area contributed by atoms with Crippen LogP contribution in [0, 0.1) is 5.41 Å². The normalized spacial score (nSPS) is 21.1.